The SMILES string of the molecule is C.COc1ccc(O)c(/C=N/Nc2ncnc3scc(-c4ccc(C)cc4)c23)c1.Cc1ccc(-c2csc3ncnc(N/N=C/c4ccc(C)cc4O)c23)cc1.[3H]PPPP. The molecule has 4 aromatic heterocycles. The van der Waals surface area contributed by atoms with Gasteiger partial charge in [-0.3, -0.25) is 10.9 Å². The van der Waals surface area contributed by atoms with Gasteiger partial charge in [-0.05, 0) is 67.8 Å². The zero-order valence-corrected chi connectivity index (χ0v) is 38.2. The lowest BCUT2D eigenvalue weighted by molar-refractivity contribution is 0.412. The molecule has 4 heterocycles. The molecule has 4 aromatic carbocycles. The van der Waals surface area contributed by atoms with Gasteiger partial charge >= 0.3 is 0 Å². The number of aromatic hydroxyl groups is 2. The molecule has 0 radical (unpaired) electrons. The van der Waals surface area contributed by atoms with Crippen LogP contribution in [0.1, 0.15) is 35.2 Å². The second-order valence-electron chi connectivity index (χ2n) is 12.8. The zero-order valence-electron chi connectivity index (χ0n) is 33.4. The minimum absolute atomic E-state index is 0. The van der Waals surface area contributed by atoms with E-state index in [4.69, 9.17) is 6.02 Å². The van der Waals surface area contributed by atoms with E-state index in [1.165, 1.54) is 30.0 Å². The second-order valence-corrected chi connectivity index (χ2v) is 21.6. The van der Waals surface area contributed by atoms with Crippen LogP contribution >= 0.6 is 56.4 Å². The Balaban J connectivity index is 0.000000205. The van der Waals surface area contributed by atoms with E-state index < -0.39 is 0 Å². The molecule has 17 heteroatoms. The summed E-state index contributed by atoms with van der Waals surface area (Å²) in [5, 5.41) is 34.5. The average molecular weight is 913 g/mol. The van der Waals surface area contributed by atoms with Crippen molar-refractivity contribution in [2.75, 3.05) is 18.0 Å². The number of hydrazone groups is 2. The first-order chi connectivity index (χ1) is 29.2. The first kappa shape index (κ1) is 44.6. The van der Waals surface area contributed by atoms with Crippen molar-refractivity contribution in [3.8, 4) is 39.5 Å². The van der Waals surface area contributed by atoms with Gasteiger partial charge in [0.05, 0.1) is 31.6 Å². The number of aromatic nitrogens is 4. The Hall–Kier alpha value is -4.98. The molecule has 60 heavy (non-hydrogen) atoms. The minimum Gasteiger partial charge on any atom is -0.507 e. The van der Waals surface area contributed by atoms with Gasteiger partial charge in [-0.2, -0.15) is 10.2 Å². The lowest BCUT2D eigenvalue weighted by atomic mass is 10.0. The van der Waals surface area contributed by atoms with E-state index >= 15 is 0 Å². The predicted octanol–water partition coefficient (Wildman–Crippen LogP) is 12.4. The van der Waals surface area contributed by atoms with Gasteiger partial charge in [-0.15, -0.1) is 40.5 Å². The van der Waals surface area contributed by atoms with Crippen LogP contribution in [0.2, 0.25) is 0 Å². The van der Waals surface area contributed by atoms with Crippen LogP contribution in [0.3, 0.4) is 0 Å². The number of methoxy groups -OCH3 is 1. The molecular formula is C43H46N8O3P4S2. The highest BCUT2D eigenvalue weighted by Crippen LogP contribution is 2.48. The molecule has 0 fully saturated rings. The van der Waals surface area contributed by atoms with E-state index in [0.29, 0.717) is 37.4 Å². The molecule has 0 aliphatic rings. The van der Waals surface area contributed by atoms with E-state index in [1.54, 1.807) is 60.3 Å². The van der Waals surface area contributed by atoms with Gasteiger partial charge in [0.15, 0.2) is 11.6 Å². The van der Waals surface area contributed by atoms with Crippen LogP contribution in [0.4, 0.5) is 11.6 Å². The molecule has 4 unspecified atom stereocenters. The maximum absolute atomic E-state index is 10.00. The first-order valence-electron chi connectivity index (χ1n) is 18.4. The Morgan fingerprint density at radius 1 is 0.667 bits per heavy atom. The van der Waals surface area contributed by atoms with Gasteiger partial charge in [-0.1, -0.05) is 89.1 Å². The number of aryl methyl sites for hydroxylation is 3. The van der Waals surface area contributed by atoms with E-state index in [-0.39, 0.29) is 18.9 Å². The third-order valence-electron chi connectivity index (χ3n) is 8.71. The number of nitrogens with zero attached hydrogens (tertiary/aromatic N) is 6. The number of ether oxygens (including phenoxy) is 1. The molecule has 0 aliphatic heterocycles. The zero-order chi connectivity index (χ0) is 42.4. The normalized spacial score (nSPS) is 11.7. The molecular weight excluding hydrogens is 865 g/mol. The monoisotopic (exact) mass is 912 g/mol. The number of benzene rings is 4. The molecule has 8 aromatic rings. The molecule has 0 aliphatic carbocycles. The number of anilines is 2. The lowest BCUT2D eigenvalue weighted by Crippen LogP contribution is -1.96. The van der Waals surface area contributed by atoms with E-state index in [0.717, 1.165) is 64.2 Å². The van der Waals surface area contributed by atoms with Crippen molar-refractivity contribution in [3.05, 3.63) is 136 Å². The molecule has 8 rings (SSSR count). The third-order valence-corrected chi connectivity index (χ3v) is 16.3. The Bertz CT molecular complexity index is 2730. The van der Waals surface area contributed by atoms with Gasteiger partial charge in [0, 0.05) is 33.0 Å². The number of phenols is 2. The Morgan fingerprint density at radius 3 is 1.65 bits per heavy atom. The summed E-state index contributed by atoms with van der Waals surface area (Å²) in [6.07, 6.45) is 6.15. The van der Waals surface area contributed by atoms with Crippen LogP contribution in [-0.4, -0.2) is 51.0 Å². The van der Waals surface area contributed by atoms with Gasteiger partial charge in [0.1, 0.15) is 39.6 Å². The highest BCUT2D eigenvalue weighted by molar-refractivity contribution is 8.54. The Morgan fingerprint density at radius 2 is 1.18 bits per heavy atom. The van der Waals surface area contributed by atoms with E-state index in [1.807, 2.05) is 19.1 Å². The highest BCUT2D eigenvalue weighted by atomic mass is 32.6. The smallest absolute Gasteiger partial charge is 0.159 e. The molecule has 0 bridgehead atoms. The fourth-order valence-electron chi connectivity index (χ4n) is 5.66. The van der Waals surface area contributed by atoms with E-state index in [2.05, 4.69) is 123 Å². The number of rotatable bonds is 11. The topological polar surface area (TPSA) is 150 Å². The minimum atomic E-state index is 0. The Labute approximate surface area is 367 Å². The van der Waals surface area contributed by atoms with Gasteiger partial charge in [0.25, 0.3) is 0 Å². The number of hydrogen-bond donors (Lipinski definition) is 4. The summed E-state index contributed by atoms with van der Waals surface area (Å²) in [5.41, 5.74) is 14.9. The van der Waals surface area contributed by atoms with Crippen LogP contribution < -0.4 is 15.6 Å². The third kappa shape index (κ3) is 11.9. The first-order valence-corrected chi connectivity index (χ1v) is 26.0. The summed E-state index contributed by atoms with van der Waals surface area (Å²) in [5.74, 6) is 2.21. The fraction of sp³-hybridized carbons (Fsp3) is 0.116. The van der Waals surface area contributed by atoms with Crippen LogP contribution in [0.15, 0.2) is 119 Å². The van der Waals surface area contributed by atoms with Crippen LogP contribution in [0.5, 0.6) is 17.2 Å². The molecule has 0 spiro atoms. The molecule has 4 atom stereocenters. The summed E-state index contributed by atoms with van der Waals surface area (Å²) in [4.78, 5) is 19.2. The van der Waals surface area contributed by atoms with Crippen molar-refractivity contribution in [3.63, 3.8) is 0 Å². The number of nitrogens with one attached hydrogen (secondary N) is 2. The van der Waals surface area contributed by atoms with Crippen molar-refractivity contribution in [2.24, 2.45) is 10.2 Å². The maximum Gasteiger partial charge on any atom is 0.159 e. The second kappa shape index (κ2) is 22.6. The maximum atomic E-state index is 10.00. The van der Waals surface area contributed by atoms with Crippen LogP contribution in [0, 0.1) is 20.8 Å². The van der Waals surface area contributed by atoms with Gasteiger partial charge < -0.3 is 14.9 Å². The summed E-state index contributed by atoms with van der Waals surface area (Å²) in [7, 11) is 6.44. The molecule has 0 amide bonds. The number of thiophene rings is 2. The summed E-state index contributed by atoms with van der Waals surface area (Å²) in [6, 6.07) is 27.1. The lowest BCUT2D eigenvalue weighted by Gasteiger charge is -2.06. The van der Waals surface area contributed by atoms with Crippen molar-refractivity contribution >= 4 is 101 Å². The molecule has 11 nitrogen and oxygen atoms in total. The van der Waals surface area contributed by atoms with Gasteiger partial charge in [0.2, 0.25) is 0 Å². The summed E-state index contributed by atoms with van der Waals surface area (Å²) >= 11 is 3.14. The highest BCUT2D eigenvalue weighted by Gasteiger charge is 2.14. The standard InChI is InChI=1S/C21H18N4O2S.C21H18N4OS.CH4.H6P4/c1-13-3-5-14(6-4-13)17-11-28-21-19(17)20(22-12-23-21)25-24-10-15-9-16(27-2)7-8-18(15)26;1-13-3-6-15(7-4-13)17-11-27-21-19(17)20(22-12-23-21)25-24-10-16-8-5-14(2)9-18(16)26;;1-3-4-2/h3-12,26H,1-2H3,(H,22,23,25);3-12,26H,1-2H3,(H,22,23,25);1H4;3-4H,1-2H2/b2*24-10+;;/i;;;1T. The largest absolute Gasteiger partial charge is 0.507 e. The van der Waals surface area contributed by atoms with E-state index in [9.17, 15) is 10.2 Å². The number of hydrogen-bond acceptors (Lipinski definition) is 13. The summed E-state index contributed by atoms with van der Waals surface area (Å²) < 4.78 is 11.8. The van der Waals surface area contributed by atoms with Crippen molar-refractivity contribution in [2.45, 2.75) is 28.2 Å². The number of fused-ring (bicyclic) bond motifs is 2. The summed E-state index contributed by atoms with van der Waals surface area (Å²) in [6.45, 7) is 6.06. The van der Waals surface area contributed by atoms with Crippen molar-refractivity contribution in [1.29, 1.82) is 1.28 Å². The molecule has 0 saturated heterocycles. The molecule has 0 saturated carbocycles. The predicted molar refractivity (Wildman–Crippen MR) is 268 cm³/mol. The van der Waals surface area contributed by atoms with Crippen LogP contribution in [-0.2, 0) is 0 Å². The number of phenolic OH excluding ortho intramolecular Hbond substituents is 2. The quantitative estimate of drug-likeness (QED) is 0.0565. The van der Waals surface area contributed by atoms with Gasteiger partial charge in [-0.25, -0.2) is 19.9 Å². The Kier molecular flexibility index (Phi) is 16.8. The average Bonchev–Trinajstić information content (AvgIpc) is 3.90. The van der Waals surface area contributed by atoms with Crippen molar-refractivity contribution < 1.29 is 14.9 Å². The van der Waals surface area contributed by atoms with Crippen molar-refractivity contribution in [1.82, 2.24) is 19.9 Å². The van der Waals surface area contributed by atoms with Crippen LogP contribution in [0.25, 0.3) is 42.7 Å². The molecule has 4 N–H and O–H groups in total. The fourth-order valence-corrected chi connectivity index (χ4v) is 7.49. The molecule has 308 valence electrons.